The number of ether oxygens (including phenoxy) is 4. The van der Waals surface area contributed by atoms with Crippen LogP contribution in [0.25, 0.3) is 0 Å². The smallest absolute Gasteiger partial charge is 0.200 e. The van der Waals surface area contributed by atoms with Gasteiger partial charge in [0.2, 0.25) is 0 Å². The van der Waals surface area contributed by atoms with E-state index in [0.717, 1.165) is 63.2 Å². The minimum absolute atomic E-state index is 0.152. The molecule has 1 aromatic rings. The van der Waals surface area contributed by atoms with Gasteiger partial charge in [0, 0.05) is 12.8 Å². The van der Waals surface area contributed by atoms with Crippen molar-refractivity contribution >= 4 is 0 Å². The molecule has 2 saturated heterocycles. The highest BCUT2D eigenvalue weighted by atomic mass is 16.7. The van der Waals surface area contributed by atoms with E-state index in [1.807, 2.05) is 24.3 Å². The fourth-order valence-electron chi connectivity index (χ4n) is 2.54. The van der Waals surface area contributed by atoms with Crippen molar-refractivity contribution in [1.29, 1.82) is 0 Å². The van der Waals surface area contributed by atoms with Crippen LogP contribution in [0.3, 0.4) is 0 Å². The van der Waals surface area contributed by atoms with Crippen LogP contribution in [0.2, 0.25) is 0 Å². The van der Waals surface area contributed by atoms with Crippen molar-refractivity contribution in [2.75, 3.05) is 13.2 Å². The Labute approximate surface area is 120 Å². The van der Waals surface area contributed by atoms with Crippen molar-refractivity contribution in [3.63, 3.8) is 0 Å². The Morgan fingerprint density at radius 1 is 0.750 bits per heavy atom. The summed E-state index contributed by atoms with van der Waals surface area (Å²) in [5.74, 6) is 1.49. The summed E-state index contributed by atoms with van der Waals surface area (Å²) in [5, 5.41) is 0. The van der Waals surface area contributed by atoms with E-state index < -0.39 is 0 Å². The maximum absolute atomic E-state index is 5.93. The largest absolute Gasteiger partial charge is 0.461 e. The first-order chi connectivity index (χ1) is 9.92. The molecule has 20 heavy (non-hydrogen) atoms. The summed E-state index contributed by atoms with van der Waals surface area (Å²) < 4.78 is 23.1. The first-order valence-corrected chi connectivity index (χ1v) is 7.57. The molecule has 0 amide bonds. The normalized spacial score (nSPS) is 27.0. The summed E-state index contributed by atoms with van der Waals surface area (Å²) in [6, 6.07) is 7.76. The Kier molecular flexibility index (Phi) is 4.77. The number of hydrogen-bond acceptors (Lipinski definition) is 4. The maximum atomic E-state index is 5.93. The molecule has 0 spiro atoms. The lowest BCUT2D eigenvalue weighted by Crippen LogP contribution is -2.27. The highest BCUT2D eigenvalue weighted by molar-refractivity contribution is 5.39. The lowest BCUT2D eigenvalue weighted by molar-refractivity contribution is -0.119. The van der Waals surface area contributed by atoms with Gasteiger partial charge in [0.1, 0.15) is 0 Å². The zero-order valence-electron chi connectivity index (χ0n) is 11.8. The fourth-order valence-corrected chi connectivity index (χ4v) is 2.54. The van der Waals surface area contributed by atoms with Crippen molar-refractivity contribution in [2.24, 2.45) is 0 Å². The molecule has 1 aromatic carbocycles. The lowest BCUT2D eigenvalue weighted by atomic mass is 10.2. The Morgan fingerprint density at radius 3 is 1.65 bits per heavy atom. The second-order valence-electron chi connectivity index (χ2n) is 5.27. The Bertz CT molecular complexity index is 370. The predicted molar refractivity (Wildman–Crippen MR) is 74.9 cm³/mol. The molecular formula is C16H22O4. The molecule has 0 bridgehead atoms. The van der Waals surface area contributed by atoms with Crippen LogP contribution in [0.15, 0.2) is 24.3 Å². The van der Waals surface area contributed by atoms with Crippen molar-refractivity contribution in [3.05, 3.63) is 24.3 Å². The van der Waals surface area contributed by atoms with E-state index in [4.69, 9.17) is 18.9 Å². The van der Waals surface area contributed by atoms with Crippen LogP contribution in [0.1, 0.15) is 38.5 Å². The van der Waals surface area contributed by atoms with E-state index >= 15 is 0 Å². The van der Waals surface area contributed by atoms with Crippen LogP contribution in [0, 0.1) is 0 Å². The van der Waals surface area contributed by atoms with Crippen molar-refractivity contribution in [2.45, 2.75) is 51.1 Å². The zero-order valence-corrected chi connectivity index (χ0v) is 11.8. The van der Waals surface area contributed by atoms with Gasteiger partial charge in [-0.2, -0.15) is 0 Å². The molecule has 2 heterocycles. The summed E-state index contributed by atoms with van der Waals surface area (Å²) in [4.78, 5) is 0. The standard InChI is InChI=1S/C16H22O4/c1-2-8-14(20-16-10-4-6-12-18-16)13(7-1)19-15-9-3-5-11-17-15/h1-2,7-8,15-16H,3-6,9-12H2. The molecule has 2 aliphatic heterocycles. The first kappa shape index (κ1) is 13.7. The van der Waals surface area contributed by atoms with E-state index in [9.17, 15) is 0 Å². The van der Waals surface area contributed by atoms with Crippen LogP contribution in [0.4, 0.5) is 0 Å². The van der Waals surface area contributed by atoms with Gasteiger partial charge in [0.25, 0.3) is 0 Å². The third-order valence-electron chi connectivity index (χ3n) is 3.64. The van der Waals surface area contributed by atoms with Gasteiger partial charge in [-0.1, -0.05) is 12.1 Å². The van der Waals surface area contributed by atoms with Crippen LogP contribution in [-0.2, 0) is 9.47 Å². The minimum atomic E-state index is -0.152. The molecule has 0 aliphatic carbocycles. The molecule has 2 atom stereocenters. The van der Waals surface area contributed by atoms with Crippen molar-refractivity contribution in [1.82, 2.24) is 0 Å². The molecule has 2 fully saturated rings. The van der Waals surface area contributed by atoms with Gasteiger partial charge >= 0.3 is 0 Å². The summed E-state index contributed by atoms with van der Waals surface area (Å²) in [6.45, 7) is 1.55. The fraction of sp³-hybridized carbons (Fsp3) is 0.625. The van der Waals surface area contributed by atoms with Crippen molar-refractivity contribution in [3.8, 4) is 11.5 Å². The third kappa shape index (κ3) is 3.64. The summed E-state index contributed by atoms with van der Waals surface area (Å²) >= 11 is 0. The molecule has 0 saturated carbocycles. The maximum Gasteiger partial charge on any atom is 0.200 e. The van der Waals surface area contributed by atoms with Gasteiger partial charge < -0.3 is 18.9 Å². The van der Waals surface area contributed by atoms with Crippen LogP contribution < -0.4 is 9.47 Å². The number of hydrogen-bond donors (Lipinski definition) is 0. The number of para-hydroxylation sites is 2. The third-order valence-corrected chi connectivity index (χ3v) is 3.64. The molecule has 4 heteroatoms. The summed E-state index contributed by atoms with van der Waals surface area (Å²) in [5.41, 5.74) is 0. The predicted octanol–water partition coefficient (Wildman–Crippen LogP) is 3.50. The van der Waals surface area contributed by atoms with E-state index in [0.29, 0.717) is 0 Å². The van der Waals surface area contributed by atoms with Crippen LogP contribution in [0.5, 0.6) is 11.5 Å². The van der Waals surface area contributed by atoms with Gasteiger partial charge in [0.15, 0.2) is 24.1 Å². The van der Waals surface area contributed by atoms with E-state index in [1.54, 1.807) is 0 Å². The van der Waals surface area contributed by atoms with Crippen LogP contribution >= 0.6 is 0 Å². The zero-order chi connectivity index (χ0) is 13.6. The quantitative estimate of drug-likeness (QED) is 0.844. The second-order valence-corrected chi connectivity index (χ2v) is 5.27. The number of rotatable bonds is 4. The average molecular weight is 278 g/mol. The minimum Gasteiger partial charge on any atom is -0.461 e. The van der Waals surface area contributed by atoms with E-state index in [2.05, 4.69) is 0 Å². The number of benzene rings is 1. The second kappa shape index (κ2) is 6.95. The lowest BCUT2D eigenvalue weighted by Gasteiger charge is -2.27. The van der Waals surface area contributed by atoms with Gasteiger partial charge in [-0.25, -0.2) is 0 Å². The van der Waals surface area contributed by atoms with Gasteiger partial charge in [-0.15, -0.1) is 0 Å². The molecule has 3 rings (SSSR count). The van der Waals surface area contributed by atoms with Gasteiger partial charge in [-0.05, 0) is 37.8 Å². The summed E-state index contributed by atoms with van der Waals surface area (Å²) in [6.07, 6.45) is 6.12. The Morgan fingerprint density at radius 2 is 1.25 bits per heavy atom. The highest BCUT2D eigenvalue weighted by Crippen LogP contribution is 2.31. The topological polar surface area (TPSA) is 36.9 Å². The summed E-state index contributed by atoms with van der Waals surface area (Å²) in [7, 11) is 0. The highest BCUT2D eigenvalue weighted by Gasteiger charge is 2.20. The Balaban J connectivity index is 1.63. The van der Waals surface area contributed by atoms with Gasteiger partial charge in [0.05, 0.1) is 13.2 Å². The first-order valence-electron chi connectivity index (χ1n) is 7.57. The molecule has 110 valence electrons. The molecule has 2 unspecified atom stereocenters. The van der Waals surface area contributed by atoms with Crippen LogP contribution in [-0.4, -0.2) is 25.8 Å². The Hall–Kier alpha value is -1.26. The van der Waals surface area contributed by atoms with Gasteiger partial charge in [-0.3, -0.25) is 0 Å². The average Bonchev–Trinajstić information content (AvgIpc) is 2.51. The molecule has 2 aliphatic rings. The van der Waals surface area contributed by atoms with E-state index in [-0.39, 0.29) is 12.6 Å². The van der Waals surface area contributed by atoms with E-state index in [1.165, 1.54) is 0 Å². The molecule has 0 N–H and O–H groups in total. The van der Waals surface area contributed by atoms with Crippen molar-refractivity contribution < 1.29 is 18.9 Å². The SMILES string of the molecule is c1ccc(OC2CCCCO2)c(OC2CCCCO2)c1. The molecular weight excluding hydrogens is 256 g/mol. The molecule has 0 radical (unpaired) electrons. The monoisotopic (exact) mass is 278 g/mol. The molecule has 4 nitrogen and oxygen atoms in total. The molecule has 0 aromatic heterocycles.